The number of rotatable bonds is 6. The molecule has 19 heavy (non-hydrogen) atoms. The van der Waals surface area contributed by atoms with Crippen molar-refractivity contribution in [1.82, 2.24) is 5.32 Å². The first-order valence-corrected chi connectivity index (χ1v) is 7.73. The molecular formula is C17H25NO. The van der Waals surface area contributed by atoms with Gasteiger partial charge in [0.15, 0.2) is 0 Å². The molecular weight excluding hydrogens is 234 g/mol. The average molecular weight is 259 g/mol. The Morgan fingerprint density at radius 1 is 1.32 bits per heavy atom. The van der Waals surface area contributed by atoms with E-state index in [0.29, 0.717) is 17.4 Å². The van der Waals surface area contributed by atoms with Gasteiger partial charge in [0.05, 0.1) is 6.61 Å². The summed E-state index contributed by atoms with van der Waals surface area (Å²) >= 11 is 0. The van der Waals surface area contributed by atoms with Crippen molar-refractivity contribution in [2.45, 2.75) is 44.1 Å². The zero-order valence-corrected chi connectivity index (χ0v) is 11.9. The summed E-state index contributed by atoms with van der Waals surface area (Å²) in [6.07, 6.45) is 5.08. The van der Waals surface area contributed by atoms with Gasteiger partial charge in [-0.2, -0.15) is 0 Å². The third kappa shape index (κ3) is 2.56. The highest BCUT2D eigenvalue weighted by atomic mass is 16.5. The SMILES string of the molecule is CCCNC(C1CCOC1)C1(c2ccccc2)CC1. The van der Waals surface area contributed by atoms with Gasteiger partial charge >= 0.3 is 0 Å². The molecule has 1 saturated carbocycles. The lowest BCUT2D eigenvalue weighted by atomic mass is 9.80. The maximum Gasteiger partial charge on any atom is 0.0510 e. The highest BCUT2D eigenvalue weighted by Crippen LogP contribution is 2.53. The van der Waals surface area contributed by atoms with Crippen molar-refractivity contribution in [2.24, 2.45) is 5.92 Å². The van der Waals surface area contributed by atoms with E-state index in [4.69, 9.17) is 4.74 Å². The minimum Gasteiger partial charge on any atom is -0.381 e. The molecule has 0 bridgehead atoms. The smallest absolute Gasteiger partial charge is 0.0510 e. The fourth-order valence-corrected chi connectivity index (χ4v) is 3.61. The second kappa shape index (κ2) is 5.64. The number of hydrogen-bond donors (Lipinski definition) is 1. The van der Waals surface area contributed by atoms with Gasteiger partial charge in [0, 0.05) is 24.0 Å². The Hall–Kier alpha value is -0.860. The summed E-state index contributed by atoms with van der Waals surface area (Å²) in [5, 5.41) is 3.83. The Kier molecular flexibility index (Phi) is 3.90. The largest absolute Gasteiger partial charge is 0.381 e. The Labute approximate surface area is 116 Å². The summed E-state index contributed by atoms with van der Waals surface area (Å²) in [7, 11) is 0. The number of hydrogen-bond acceptors (Lipinski definition) is 2. The van der Waals surface area contributed by atoms with Crippen LogP contribution < -0.4 is 5.32 Å². The number of ether oxygens (including phenoxy) is 1. The molecule has 0 amide bonds. The third-order valence-electron chi connectivity index (χ3n) is 4.78. The van der Waals surface area contributed by atoms with Crippen molar-refractivity contribution in [3.05, 3.63) is 35.9 Å². The van der Waals surface area contributed by atoms with Crippen LogP contribution >= 0.6 is 0 Å². The van der Waals surface area contributed by atoms with E-state index >= 15 is 0 Å². The molecule has 0 spiro atoms. The van der Waals surface area contributed by atoms with Crippen LogP contribution in [0.25, 0.3) is 0 Å². The Balaban J connectivity index is 1.82. The second-order valence-electron chi connectivity index (χ2n) is 6.08. The summed E-state index contributed by atoms with van der Waals surface area (Å²) in [6, 6.07) is 11.7. The van der Waals surface area contributed by atoms with Gasteiger partial charge in [0.25, 0.3) is 0 Å². The van der Waals surface area contributed by atoms with Crippen LogP contribution in [0.15, 0.2) is 30.3 Å². The van der Waals surface area contributed by atoms with Gasteiger partial charge in [-0.15, -0.1) is 0 Å². The molecule has 2 unspecified atom stereocenters. The van der Waals surface area contributed by atoms with Crippen LogP contribution in [0.1, 0.15) is 38.2 Å². The lowest BCUT2D eigenvalue weighted by Crippen LogP contribution is -2.46. The second-order valence-corrected chi connectivity index (χ2v) is 6.08. The summed E-state index contributed by atoms with van der Waals surface area (Å²) < 4.78 is 5.64. The molecule has 2 heteroatoms. The molecule has 2 nitrogen and oxygen atoms in total. The molecule has 1 aromatic rings. The van der Waals surface area contributed by atoms with Gasteiger partial charge in [-0.25, -0.2) is 0 Å². The van der Waals surface area contributed by atoms with E-state index in [1.807, 2.05) is 0 Å². The Morgan fingerprint density at radius 3 is 2.68 bits per heavy atom. The van der Waals surface area contributed by atoms with E-state index < -0.39 is 0 Å². The average Bonchev–Trinajstić information content (AvgIpc) is 3.08. The molecule has 1 heterocycles. The topological polar surface area (TPSA) is 21.3 Å². The zero-order chi connectivity index (χ0) is 13.1. The van der Waals surface area contributed by atoms with Crippen molar-refractivity contribution >= 4 is 0 Å². The first-order chi connectivity index (χ1) is 9.37. The molecule has 3 rings (SSSR count). The van der Waals surface area contributed by atoms with Gasteiger partial charge < -0.3 is 10.1 Å². The molecule has 104 valence electrons. The molecule has 2 atom stereocenters. The van der Waals surface area contributed by atoms with E-state index in [0.717, 1.165) is 19.8 Å². The van der Waals surface area contributed by atoms with Crippen LogP contribution in [0, 0.1) is 5.92 Å². The van der Waals surface area contributed by atoms with Crippen LogP contribution in [0.4, 0.5) is 0 Å². The van der Waals surface area contributed by atoms with Crippen molar-refractivity contribution in [3.63, 3.8) is 0 Å². The van der Waals surface area contributed by atoms with E-state index in [1.165, 1.54) is 31.2 Å². The molecule has 2 fully saturated rings. The molecule has 1 N–H and O–H groups in total. The van der Waals surface area contributed by atoms with Crippen molar-refractivity contribution in [1.29, 1.82) is 0 Å². The fraction of sp³-hybridized carbons (Fsp3) is 0.647. The molecule has 2 aliphatic rings. The molecule has 1 aliphatic heterocycles. The van der Waals surface area contributed by atoms with Crippen LogP contribution in [0.3, 0.4) is 0 Å². The maximum absolute atomic E-state index is 5.64. The summed E-state index contributed by atoms with van der Waals surface area (Å²) in [4.78, 5) is 0. The third-order valence-corrected chi connectivity index (χ3v) is 4.78. The van der Waals surface area contributed by atoms with Crippen molar-refractivity contribution in [3.8, 4) is 0 Å². The van der Waals surface area contributed by atoms with Crippen LogP contribution in [0.2, 0.25) is 0 Å². The van der Waals surface area contributed by atoms with E-state index in [1.54, 1.807) is 0 Å². The van der Waals surface area contributed by atoms with Crippen LogP contribution in [0.5, 0.6) is 0 Å². The Morgan fingerprint density at radius 2 is 2.11 bits per heavy atom. The summed E-state index contributed by atoms with van der Waals surface area (Å²) in [5.74, 6) is 0.689. The highest BCUT2D eigenvalue weighted by Gasteiger charge is 2.53. The number of benzene rings is 1. The maximum atomic E-state index is 5.64. The molecule has 0 aromatic heterocycles. The molecule has 0 radical (unpaired) electrons. The highest BCUT2D eigenvalue weighted by molar-refractivity contribution is 5.34. The van der Waals surface area contributed by atoms with E-state index in [-0.39, 0.29) is 0 Å². The molecule has 1 aliphatic carbocycles. The van der Waals surface area contributed by atoms with Crippen molar-refractivity contribution < 1.29 is 4.74 Å². The predicted molar refractivity (Wildman–Crippen MR) is 78.4 cm³/mol. The van der Waals surface area contributed by atoms with Gasteiger partial charge in [0.2, 0.25) is 0 Å². The predicted octanol–water partition coefficient (Wildman–Crippen LogP) is 3.12. The van der Waals surface area contributed by atoms with Crippen LogP contribution in [-0.4, -0.2) is 25.8 Å². The quantitative estimate of drug-likeness (QED) is 0.847. The molecule has 1 aromatic carbocycles. The fourth-order valence-electron chi connectivity index (χ4n) is 3.61. The van der Waals surface area contributed by atoms with Gasteiger partial charge in [0.1, 0.15) is 0 Å². The van der Waals surface area contributed by atoms with E-state index in [9.17, 15) is 0 Å². The number of nitrogens with one attached hydrogen (secondary N) is 1. The first-order valence-electron chi connectivity index (χ1n) is 7.73. The summed E-state index contributed by atoms with van der Waals surface area (Å²) in [6.45, 7) is 5.25. The van der Waals surface area contributed by atoms with Gasteiger partial charge in [-0.3, -0.25) is 0 Å². The lowest BCUT2D eigenvalue weighted by Gasteiger charge is -2.33. The monoisotopic (exact) mass is 259 g/mol. The van der Waals surface area contributed by atoms with Crippen LogP contribution in [-0.2, 0) is 10.2 Å². The minimum atomic E-state index is 0.384. The van der Waals surface area contributed by atoms with Gasteiger partial charge in [-0.05, 0) is 37.8 Å². The minimum absolute atomic E-state index is 0.384. The lowest BCUT2D eigenvalue weighted by molar-refractivity contribution is 0.170. The first kappa shape index (κ1) is 13.1. The van der Waals surface area contributed by atoms with Crippen molar-refractivity contribution in [2.75, 3.05) is 19.8 Å². The summed E-state index contributed by atoms with van der Waals surface area (Å²) in [5.41, 5.74) is 1.91. The zero-order valence-electron chi connectivity index (χ0n) is 11.9. The normalized spacial score (nSPS) is 26.3. The molecule has 1 saturated heterocycles. The van der Waals surface area contributed by atoms with E-state index in [2.05, 4.69) is 42.6 Å². The standard InChI is InChI=1S/C17H25NO/c1-2-11-18-16(14-8-12-19-13-14)17(9-10-17)15-6-4-3-5-7-15/h3-7,14,16,18H,2,8-13H2,1H3. The Bertz CT molecular complexity index is 393. The van der Waals surface area contributed by atoms with Gasteiger partial charge in [-0.1, -0.05) is 37.3 Å².